The summed E-state index contributed by atoms with van der Waals surface area (Å²) in [5.74, 6) is 0.261. The Morgan fingerprint density at radius 2 is 1.74 bits per heavy atom. The minimum absolute atomic E-state index is 0.0829. The summed E-state index contributed by atoms with van der Waals surface area (Å²) < 4.78 is 25.1. The quantitative estimate of drug-likeness (QED) is 0.499. The second kappa shape index (κ2) is 10.7. The first-order chi connectivity index (χ1) is 16.9. The second-order valence-electron chi connectivity index (χ2n) is 7.99. The van der Waals surface area contributed by atoms with Crippen LogP contribution in [-0.4, -0.2) is 44.1 Å². The number of carbonyl (C=O) groups excluding carboxylic acids is 2. The molecule has 0 aromatic heterocycles. The van der Waals surface area contributed by atoms with Crippen LogP contribution < -0.4 is 20.1 Å². The minimum Gasteiger partial charge on any atom is -0.493 e. The Hall–Kier alpha value is -3.78. The number of halogens is 2. The third-order valence-electron chi connectivity index (χ3n) is 5.94. The number of hydrogen-bond acceptors (Lipinski definition) is 4. The van der Waals surface area contributed by atoms with Gasteiger partial charge in [-0.15, -0.1) is 0 Å². The Kier molecular flexibility index (Phi) is 7.41. The normalized spacial score (nSPS) is 14.6. The summed E-state index contributed by atoms with van der Waals surface area (Å²) in [7, 11) is 3.10. The number of nitrogens with zero attached hydrogens (tertiary/aromatic N) is 1. The zero-order chi connectivity index (χ0) is 24.9. The molecule has 3 amide bonds. The fourth-order valence-electron chi connectivity index (χ4n) is 4.13. The van der Waals surface area contributed by atoms with Crippen LogP contribution in [-0.2, 0) is 6.42 Å². The maximum Gasteiger partial charge on any atom is 0.322 e. The van der Waals surface area contributed by atoms with Crippen molar-refractivity contribution in [3.05, 3.63) is 88.2 Å². The van der Waals surface area contributed by atoms with Crippen molar-refractivity contribution in [1.82, 2.24) is 10.2 Å². The number of methoxy groups -OCH3 is 2. The molecule has 0 unspecified atom stereocenters. The van der Waals surface area contributed by atoms with Crippen molar-refractivity contribution in [3.8, 4) is 11.5 Å². The van der Waals surface area contributed by atoms with Crippen LogP contribution in [0.1, 0.15) is 27.5 Å². The molecule has 0 aliphatic carbocycles. The van der Waals surface area contributed by atoms with Gasteiger partial charge in [-0.3, -0.25) is 4.79 Å². The van der Waals surface area contributed by atoms with Gasteiger partial charge in [-0.1, -0.05) is 23.7 Å². The number of fused-ring (bicyclic) bond motifs is 1. The lowest BCUT2D eigenvalue weighted by Gasteiger charge is -2.38. The van der Waals surface area contributed by atoms with Crippen LogP contribution in [0.3, 0.4) is 0 Å². The van der Waals surface area contributed by atoms with Crippen molar-refractivity contribution in [2.45, 2.75) is 12.5 Å². The number of nitrogens with one attached hydrogen (secondary N) is 2. The van der Waals surface area contributed by atoms with Gasteiger partial charge in [-0.25, -0.2) is 9.18 Å². The Morgan fingerprint density at radius 3 is 2.43 bits per heavy atom. The fraction of sp³-hybridized carbons (Fsp3) is 0.231. The molecule has 0 bridgehead atoms. The van der Waals surface area contributed by atoms with Crippen molar-refractivity contribution >= 4 is 29.2 Å². The van der Waals surface area contributed by atoms with E-state index in [-0.39, 0.29) is 18.1 Å². The smallest absolute Gasteiger partial charge is 0.322 e. The second-order valence-corrected chi connectivity index (χ2v) is 8.43. The molecule has 4 rings (SSSR count). The molecule has 7 nitrogen and oxygen atoms in total. The average Bonchev–Trinajstić information content (AvgIpc) is 2.87. The van der Waals surface area contributed by atoms with Gasteiger partial charge in [-0.2, -0.15) is 0 Å². The van der Waals surface area contributed by atoms with Gasteiger partial charge in [0.25, 0.3) is 5.91 Å². The highest BCUT2D eigenvalue weighted by atomic mass is 35.5. The fourth-order valence-corrected chi connectivity index (χ4v) is 4.26. The molecule has 0 fully saturated rings. The highest BCUT2D eigenvalue weighted by molar-refractivity contribution is 6.30. The molecule has 3 aromatic rings. The van der Waals surface area contributed by atoms with Crippen LogP contribution in [0.5, 0.6) is 11.5 Å². The summed E-state index contributed by atoms with van der Waals surface area (Å²) in [6.07, 6.45) is 0.558. The third kappa shape index (κ3) is 5.33. The van der Waals surface area contributed by atoms with Gasteiger partial charge < -0.3 is 25.0 Å². The van der Waals surface area contributed by atoms with E-state index in [2.05, 4.69) is 10.6 Å². The highest BCUT2D eigenvalue weighted by Crippen LogP contribution is 2.38. The lowest BCUT2D eigenvalue weighted by Crippen LogP contribution is -2.47. The molecule has 0 spiro atoms. The Labute approximate surface area is 207 Å². The van der Waals surface area contributed by atoms with Crippen LogP contribution in [0.25, 0.3) is 0 Å². The molecule has 2 N–H and O–H groups in total. The number of amides is 3. The Bertz CT molecular complexity index is 1240. The van der Waals surface area contributed by atoms with Crippen LogP contribution in [0, 0.1) is 5.82 Å². The molecular weight excluding hydrogens is 473 g/mol. The predicted octanol–water partition coefficient (Wildman–Crippen LogP) is 5.06. The molecule has 0 saturated carbocycles. The Morgan fingerprint density at radius 1 is 1.06 bits per heavy atom. The first-order valence-corrected chi connectivity index (χ1v) is 11.4. The van der Waals surface area contributed by atoms with E-state index >= 15 is 0 Å². The maximum atomic E-state index is 14.2. The van der Waals surface area contributed by atoms with Crippen LogP contribution in [0.15, 0.2) is 60.7 Å². The molecule has 35 heavy (non-hydrogen) atoms. The molecule has 182 valence electrons. The number of urea groups is 1. The van der Waals surface area contributed by atoms with E-state index in [1.165, 1.54) is 19.2 Å². The first kappa shape index (κ1) is 24.3. The number of hydrogen-bond donors (Lipinski definition) is 2. The van der Waals surface area contributed by atoms with E-state index in [9.17, 15) is 14.0 Å². The van der Waals surface area contributed by atoms with E-state index < -0.39 is 17.9 Å². The molecule has 1 aliphatic heterocycles. The summed E-state index contributed by atoms with van der Waals surface area (Å²) >= 11 is 5.92. The van der Waals surface area contributed by atoms with Gasteiger partial charge in [0.05, 0.1) is 25.9 Å². The van der Waals surface area contributed by atoms with Crippen LogP contribution in [0.2, 0.25) is 5.02 Å². The van der Waals surface area contributed by atoms with Crippen molar-refractivity contribution in [2.24, 2.45) is 0 Å². The van der Waals surface area contributed by atoms with Gasteiger partial charge in [0, 0.05) is 23.7 Å². The monoisotopic (exact) mass is 497 g/mol. The number of anilines is 1. The van der Waals surface area contributed by atoms with Crippen LogP contribution in [0.4, 0.5) is 14.9 Å². The molecule has 0 radical (unpaired) electrons. The van der Waals surface area contributed by atoms with Gasteiger partial charge in [0.1, 0.15) is 5.82 Å². The van der Waals surface area contributed by atoms with Crippen molar-refractivity contribution in [2.75, 3.05) is 32.6 Å². The van der Waals surface area contributed by atoms with Gasteiger partial charge in [0.2, 0.25) is 0 Å². The average molecular weight is 498 g/mol. The van der Waals surface area contributed by atoms with E-state index in [0.29, 0.717) is 35.1 Å². The van der Waals surface area contributed by atoms with Crippen molar-refractivity contribution in [1.29, 1.82) is 0 Å². The topological polar surface area (TPSA) is 79.9 Å². The maximum absolute atomic E-state index is 14.2. The van der Waals surface area contributed by atoms with Crippen molar-refractivity contribution in [3.63, 3.8) is 0 Å². The third-order valence-corrected chi connectivity index (χ3v) is 6.19. The summed E-state index contributed by atoms with van der Waals surface area (Å²) in [5.41, 5.74) is 2.32. The summed E-state index contributed by atoms with van der Waals surface area (Å²) in [5, 5.41) is 6.08. The number of rotatable bonds is 6. The lowest BCUT2D eigenvalue weighted by molar-refractivity contribution is 0.0936. The highest BCUT2D eigenvalue weighted by Gasteiger charge is 2.33. The summed E-state index contributed by atoms with van der Waals surface area (Å²) in [4.78, 5) is 27.6. The minimum atomic E-state index is -0.530. The SMILES string of the molecule is COc1cc2c(cc1OC)[C@H](CNC(=O)c1ccc(Cl)cc1)N(C(=O)Nc1ccccc1F)CC2. The van der Waals surface area contributed by atoms with Gasteiger partial charge in [-0.05, 0) is 66.1 Å². The first-order valence-electron chi connectivity index (χ1n) is 11.0. The van der Waals surface area contributed by atoms with Gasteiger partial charge >= 0.3 is 6.03 Å². The number of ether oxygens (including phenoxy) is 2. The van der Waals surface area contributed by atoms with E-state index in [1.54, 1.807) is 48.4 Å². The zero-order valence-electron chi connectivity index (χ0n) is 19.3. The van der Waals surface area contributed by atoms with E-state index in [4.69, 9.17) is 21.1 Å². The van der Waals surface area contributed by atoms with Gasteiger partial charge in [0.15, 0.2) is 11.5 Å². The molecule has 9 heteroatoms. The predicted molar refractivity (Wildman–Crippen MR) is 132 cm³/mol. The van der Waals surface area contributed by atoms with Crippen molar-refractivity contribution < 1.29 is 23.5 Å². The summed E-state index contributed by atoms with van der Waals surface area (Å²) in [6.45, 7) is 0.499. The molecular formula is C26H25ClFN3O4. The number of para-hydroxylation sites is 1. The Balaban J connectivity index is 1.63. The molecule has 1 aliphatic rings. The van der Waals surface area contributed by atoms with E-state index in [1.807, 2.05) is 12.1 Å². The molecule has 1 heterocycles. The summed E-state index contributed by atoms with van der Waals surface area (Å²) in [6, 6.07) is 15.2. The zero-order valence-corrected chi connectivity index (χ0v) is 20.1. The lowest BCUT2D eigenvalue weighted by atomic mass is 9.91. The molecule has 0 saturated heterocycles. The number of benzene rings is 3. The van der Waals surface area contributed by atoms with Crippen LogP contribution >= 0.6 is 11.6 Å². The molecule has 1 atom stereocenters. The largest absolute Gasteiger partial charge is 0.493 e. The molecule has 3 aromatic carbocycles. The number of carbonyl (C=O) groups is 2. The van der Waals surface area contributed by atoms with E-state index in [0.717, 1.165) is 11.1 Å². The standard InChI is InChI=1S/C26H25ClFN3O4/c1-34-23-13-17-11-12-31(26(33)30-21-6-4-3-5-20(21)28)22(19(17)14-24(23)35-2)15-29-25(32)16-7-9-18(27)10-8-16/h3-10,13-14,22H,11-12,15H2,1-2H3,(H,29,32)(H,30,33)/t22-/m0/s1.